The number of nitrogens with one attached hydrogen (secondary N) is 1. The van der Waals surface area contributed by atoms with Crippen LogP contribution in [0.5, 0.6) is 0 Å². The lowest BCUT2D eigenvalue weighted by molar-refractivity contribution is 0.0625. The van der Waals surface area contributed by atoms with Crippen molar-refractivity contribution in [3.63, 3.8) is 0 Å². The summed E-state index contributed by atoms with van der Waals surface area (Å²) in [4.78, 5) is 9.76. The lowest BCUT2D eigenvalue weighted by atomic mass is 10.2. The summed E-state index contributed by atoms with van der Waals surface area (Å²) >= 11 is 0. The first kappa shape index (κ1) is 10.1. The number of carboxylic acid groups (broad SMARTS) is 1. The van der Waals surface area contributed by atoms with Crippen molar-refractivity contribution in [3.8, 4) is 0 Å². The van der Waals surface area contributed by atoms with Gasteiger partial charge in [0.2, 0.25) is 6.43 Å². The number of rotatable bonds is 4. The maximum absolute atomic E-state index is 11.7. The van der Waals surface area contributed by atoms with Gasteiger partial charge in [0.05, 0.1) is 12.6 Å². The summed E-state index contributed by atoms with van der Waals surface area (Å²) in [6, 6.07) is 0. The second-order valence-corrected chi connectivity index (χ2v) is 1.93. The van der Waals surface area contributed by atoms with E-state index in [-0.39, 0.29) is 0 Å². The van der Waals surface area contributed by atoms with Gasteiger partial charge in [0.15, 0.2) is 0 Å². The normalized spacial score (nSPS) is 13.1. The third-order valence-corrected chi connectivity index (χ3v) is 1.07. The van der Waals surface area contributed by atoms with Gasteiger partial charge in [-0.05, 0) is 0 Å². The fourth-order valence-electron chi connectivity index (χ4n) is 0.429. The minimum absolute atomic E-state index is 0.552. The van der Waals surface area contributed by atoms with E-state index in [1.165, 1.54) is 0 Å². The average molecular weight is 171 g/mol. The first-order chi connectivity index (χ1) is 5.07. The Balaban J connectivity index is 3.61. The van der Waals surface area contributed by atoms with Crippen LogP contribution in [0.15, 0.2) is 0 Å². The first-order valence-corrected chi connectivity index (χ1v) is 2.88. The van der Waals surface area contributed by atoms with E-state index >= 15 is 0 Å². The highest BCUT2D eigenvalue weighted by atomic mass is 19.3. The number of halogens is 3. The van der Waals surface area contributed by atoms with Crippen LogP contribution in [0.1, 0.15) is 0 Å². The second-order valence-electron chi connectivity index (χ2n) is 1.93. The molecule has 0 aromatic carbocycles. The molecule has 3 nitrogen and oxygen atoms in total. The zero-order valence-corrected chi connectivity index (χ0v) is 5.56. The van der Waals surface area contributed by atoms with E-state index in [0.29, 0.717) is 0 Å². The molecule has 0 saturated carbocycles. The molecular formula is C5H8F3NO2. The van der Waals surface area contributed by atoms with Crippen LogP contribution in [0.2, 0.25) is 0 Å². The third kappa shape index (κ3) is 4.46. The van der Waals surface area contributed by atoms with E-state index in [1.54, 1.807) is 5.32 Å². The molecule has 0 bridgehead atoms. The van der Waals surface area contributed by atoms with Crippen LogP contribution < -0.4 is 5.32 Å². The maximum Gasteiger partial charge on any atom is 0.404 e. The Hall–Kier alpha value is -0.940. The summed E-state index contributed by atoms with van der Waals surface area (Å²) < 4.78 is 35.0. The SMILES string of the molecule is O=C(O)NCC(CF)C(F)F. The predicted molar refractivity (Wildman–Crippen MR) is 31.5 cm³/mol. The van der Waals surface area contributed by atoms with E-state index in [4.69, 9.17) is 5.11 Å². The maximum atomic E-state index is 11.7. The molecule has 11 heavy (non-hydrogen) atoms. The lowest BCUT2D eigenvalue weighted by Crippen LogP contribution is -2.32. The van der Waals surface area contributed by atoms with E-state index in [1.807, 2.05) is 0 Å². The molecule has 0 aliphatic heterocycles. The highest BCUT2D eigenvalue weighted by molar-refractivity contribution is 5.64. The van der Waals surface area contributed by atoms with Crippen molar-refractivity contribution < 1.29 is 23.1 Å². The summed E-state index contributed by atoms with van der Waals surface area (Å²) in [5, 5.41) is 9.64. The highest BCUT2D eigenvalue weighted by Gasteiger charge is 2.20. The summed E-state index contributed by atoms with van der Waals surface area (Å²) in [6.07, 6.45) is -4.25. The number of hydrogen-bond acceptors (Lipinski definition) is 1. The Morgan fingerprint density at radius 3 is 2.36 bits per heavy atom. The number of carbonyl (C=O) groups is 1. The standard InChI is InChI=1S/C5H8F3NO2/c6-1-3(4(7)8)2-9-5(10)11/h3-4,9H,1-2H2,(H,10,11). The summed E-state index contributed by atoms with van der Waals surface area (Å²) in [5.41, 5.74) is 0. The van der Waals surface area contributed by atoms with Crippen LogP contribution in [0.25, 0.3) is 0 Å². The molecule has 0 rings (SSSR count). The lowest BCUT2D eigenvalue weighted by Gasteiger charge is -2.10. The van der Waals surface area contributed by atoms with Crippen LogP contribution in [-0.2, 0) is 0 Å². The van der Waals surface area contributed by atoms with Gasteiger partial charge in [-0.3, -0.25) is 4.39 Å². The fourth-order valence-corrected chi connectivity index (χ4v) is 0.429. The van der Waals surface area contributed by atoms with Crippen molar-refractivity contribution in [2.24, 2.45) is 5.92 Å². The Kier molecular flexibility index (Phi) is 4.40. The van der Waals surface area contributed by atoms with Gasteiger partial charge in [0, 0.05) is 6.54 Å². The van der Waals surface area contributed by atoms with Gasteiger partial charge in [-0.2, -0.15) is 0 Å². The quantitative estimate of drug-likeness (QED) is 0.665. The molecular weight excluding hydrogens is 163 g/mol. The minimum Gasteiger partial charge on any atom is -0.465 e. The molecule has 0 heterocycles. The Bertz CT molecular complexity index is 131. The van der Waals surface area contributed by atoms with Gasteiger partial charge < -0.3 is 10.4 Å². The van der Waals surface area contributed by atoms with Crippen molar-refractivity contribution in [1.29, 1.82) is 0 Å². The molecule has 0 saturated heterocycles. The zero-order chi connectivity index (χ0) is 8.85. The van der Waals surface area contributed by atoms with Crippen LogP contribution in [0.4, 0.5) is 18.0 Å². The molecule has 0 radical (unpaired) electrons. The van der Waals surface area contributed by atoms with Crippen molar-refractivity contribution in [3.05, 3.63) is 0 Å². The second kappa shape index (κ2) is 4.81. The van der Waals surface area contributed by atoms with Crippen LogP contribution in [0.3, 0.4) is 0 Å². The number of hydrogen-bond donors (Lipinski definition) is 2. The zero-order valence-electron chi connectivity index (χ0n) is 5.56. The average Bonchev–Trinajstić information content (AvgIpc) is 1.87. The van der Waals surface area contributed by atoms with Crippen LogP contribution >= 0.6 is 0 Å². The van der Waals surface area contributed by atoms with Gasteiger partial charge in [-0.15, -0.1) is 0 Å². The molecule has 0 spiro atoms. The number of alkyl halides is 3. The minimum atomic E-state index is -2.83. The van der Waals surface area contributed by atoms with Gasteiger partial charge in [-0.1, -0.05) is 0 Å². The Morgan fingerprint density at radius 2 is 2.09 bits per heavy atom. The van der Waals surface area contributed by atoms with E-state index in [9.17, 15) is 18.0 Å². The monoisotopic (exact) mass is 171 g/mol. The molecule has 0 aromatic rings. The molecule has 0 aliphatic rings. The van der Waals surface area contributed by atoms with Crippen molar-refractivity contribution in [1.82, 2.24) is 5.32 Å². The van der Waals surface area contributed by atoms with Crippen molar-refractivity contribution >= 4 is 6.09 Å². The van der Waals surface area contributed by atoms with Gasteiger partial charge in [-0.25, -0.2) is 13.6 Å². The first-order valence-electron chi connectivity index (χ1n) is 2.88. The molecule has 0 aliphatic carbocycles. The molecule has 2 N–H and O–H groups in total. The van der Waals surface area contributed by atoms with Crippen LogP contribution in [-0.4, -0.2) is 30.8 Å². The largest absolute Gasteiger partial charge is 0.465 e. The third-order valence-electron chi connectivity index (χ3n) is 1.07. The fraction of sp³-hybridized carbons (Fsp3) is 0.800. The molecule has 1 atom stereocenters. The van der Waals surface area contributed by atoms with Crippen molar-refractivity contribution in [2.45, 2.75) is 6.43 Å². The van der Waals surface area contributed by atoms with E-state index in [2.05, 4.69) is 0 Å². The van der Waals surface area contributed by atoms with Crippen LogP contribution in [0, 0.1) is 5.92 Å². The molecule has 66 valence electrons. The Morgan fingerprint density at radius 1 is 1.55 bits per heavy atom. The van der Waals surface area contributed by atoms with Gasteiger partial charge >= 0.3 is 6.09 Å². The summed E-state index contributed by atoms with van der Waals surface area (Å²) in [6.45, 7) is -1.78. The smallest absolute Gasteiger partial charge is 0.404 e. The highest BCUT2D eigenvalue weighted by Crippen LogP contribution is 2.08. The van der Waals surface area contributed by atoms with E-state index in [0.717, 1.165) is 0 Å². The van der Waals surface area contributed by atoms with E-state index < -0.39 is 31.7 Å². The van der Waals surface area contributed by atoms with Crippen molar-refractivity contribution in [2.75, 3.05) is 13.2 Å². The van der Waals surface area contributed by atoms with Gasteiger partial charge in [0.1, 0.15) is 0 Å². The summed E-state index contributed by atoms with van der Waals surface area (Å²) in [7, 11) is 0. The molecule has 1 amide bonds. The molecule has 1 unspecified atom stereocenters. The van der Waals surface area contributed by atoms with Gasteiger partial charge in [0.25, 0.3) is 0 Å². The molecule has 0 fully saturated rings. The molecule has 6 heteroatoms. The summed E-state index contributed by atoms with van der Waals surface area (Å²) in [5.74, 6) is -1.54. The Labute approximate surface area is 61.2 Å². The topological polar surface area (TPSA) is 49.3 Å². The number of amides is 1. The predicted octanol–water partition coefficient (Wildman–Crippen LogP) is 1.10. The molecule has 0 aromatic heterocycles.